The van der Waals surface area contributed by atoms with Crippen LogP contribution in [-0.2, 0) is 9.59 Å². The van der Waals surface area contributed by atoms with Crippen molar-refractivity contribution in [1.82, 2.24) is 0 Å². The molecule has 0 heterocycles. The molecule has 0 atom stereocenters. The largest absolute Gasteiger partial charge is 0.318 e. The fraction of sp³-hybridized carbons (Fsp3) is 0.0667. The number of rotatable bonds is 2. The summed E-state index contributed by atoms with van der Waals surface area (Å²) in [4.78, 5) is 23.4. The number of hydrogen-bond acceptors (Lipinski definition) is 2. The molecule has 0 aliphatic rings. The van der Waals surface area contributed by atoms with Gasteiger partial charge in [-0.1, -0.05) is 18.2 Å². The van der Waals surface area contributed by atoms with Gasteiger partial charge in [-0.25, -0.2) is 4.39 Å². The van der Waals surface area contributed by atoms with Crippen LogP contribution < -0.4 is 10.6 Å². The fourth-order valence-electron chi connectivity index (χ4n) is 1.66. The summed E-state index contributed by atoms with van der Waals surface area (Å²) in [5.74, 6) is -1.97. The van der Waals surface area contributed by atoms with Crippen LogP contribution in [0.4, 0.5) is 15.8 Å². The summed E-state index contributed by atoms with van der Waals surface area (Å²) in [7, 11) is 0. The Morgan fingerprint density at radius 1 is 0.950 bits per heavy atom. The van der Waals surface area contributed by atoms with Crippen molar-refractivity contribution in [3.63, 3.8) is 0 Å². The Labute approximate surface area is 115 Å². The highest BCUT2D eigenvalue weighted by Gasteiger charge is 2.14. The number of carbonyl (C=O) groups is 2. The molecule has 0 aliphatic heterocycles. The molecule has 2 aromatic carbocycles. The van der Waals surface area contributed by atoms with Crippen molar-refractivity contribution >= 4 is 23.2 Å². The molecule has 0 unspecified atom stereocenters. The number of anilines is 2. The average Bonchev–Trinajstić information content (AvgIpc) is 2.43. The standard InChI is InChI=1S/C15H13FN2O2/c1-10-9-11(16)7-8-13(10)18-15(20)14(19)17-12-5-3-2-4-6-12/h2-9H,1H3,(H,17,19)(H,18,20). The van der Waals surface area contributed by atoms with E-state index in [9.17, 15) is 14.0 Å². The van der Waals surface area contributed by atoms with Crippen LogP contribution in [0.15, 0.2) is 48.5 Å². The van der Waals surface area contributed by atoms with Gasteiger partial charge in [-0.2, -0.15) is 0 Å². The van der Waals surface area contributed by atoms with Crippen molar-refractivity contribution in [2.75, 3.05) is 10.6 Å². The zero-order valence-corrected chi connectivity index (χ0v) is 10.8. The van der Waals surface area contributed by atoms with Gasteiger partial charge in [0.05, 0.1) is 0 Å². The summed E-state index contributed by atoms with van der Waals surface area (Å²) in [6.45, 7) is 1.65. The summed E-state index contributed by atoms with van der Waals surface area (Å²) < 4.78 is 12.9. The summed E-state index contributed by atoms with van der Waals surface area (Å²) >= 11 is 0. The zero-order chi connectivity index (χ0) is 14.5. The van der Waals surface area contributed by atoms with Gasteiger partial charge in [-0.05, 0) is 42.8 Å². The third-order valence-corrected chi connectivity index (χ3v) is 2.67. The van der Waals surface area contributed by atoms with Crippen molar-refractivity contribution in [2.24, 2.45) is 0 Å². The van der Waals surface area contributed by atoms with Crippen LogP contribution in [-0.4, -0.2) is 11.8 Å². The van der Waals surface area contributed by atoms with Crippen LogP contribution in [0.3, 0.4) is 0 Å². The molecule has 2 aromatic rings. The highest BCUT2D eigenvalue weighted by atomic mass is 19.1. The molecule has 0 radical (unpaired) electrons. The van der Waals surface area contributed by atoms with Crippen LogP contribution in [0, 0.1) is 12.7 Å². The Morgan fingerprint density at radius 3 is 2.25 bits per heavy atom. The van der Waals surface area contributed by atoms with Crippen molar-refractivity contribution < 1.29 is 14.0 Å². The highest BCUT2D eigenvalue weighted by Crippen LogP contribution is 2.15. The van der Waals surface area contributed by atoms with Gasteiger partial charge in [-0.3, -0.25) is 9.59 Å². The first-order valence-corrected chi connectivity index (χ1v) is 6.00. The Hall–Kier alpha value is -2.69. The minimum Gasteiger partial charge on any atom is -0.318 e. The smallest absolute Gasteiger partial charge is 0.314 e. The van der Waals surface area contributed by atoms with Crippen molar-refractivity contribution in [3.05, 3.63) is 59.9 Å². The monoisotopic (exact) mass is 272 g/mol. The van der Waals surface area contributed by atoms with Gasteiger partial charge in [-0.15, -0.1) is 0 Å². The van der Waals surface area contributed by atoms with E-state index in [2.05, 4.69) is 10.6 Å². The van der Waals surface area contributed by atoms with Crippen molar-refractivity contribution in [2.45, 2.75) is 6.92 Å². The molecule has 2 amide bonds. The van der Waals surface area contributed by atoms with Gasteiger partial charge in [0.25, 0.3) is 0 Å². The van der Waals surface area contributed by atoms with Crippen molar-refractivity contribution in [1.29, 1.82) is 0 Å². The lowest BCUT2D eigenvalue weighted by atomic mass is 10.2. The Balaban J connectivity index is 2.03. The first-order valence-electron chi connectivity index (χ1n) is 6.00. The summed E-state index contributed by atoms with van der Waals surface area (Å²) in [5, 5.41) is 4.91. The number of benzene rings is 2. The predicted molar refractivity (Wildman–Crippen MR) is 74.8 cm³/mol. The average molecular weight is 272 g/mol. The van der Waals surface area contributed by atoms with Crippen molar-refractivity contribution in [3.8, 4) is 0 Å². The molecule has 0 saturated carbocycles. The van der Waals surface area contributed by atoms with Gasteiger partial charge in [0.1, 0.15) is 5.82 Å². The molecule has 0 bridgehead atoms. The first-order chi connectivity index (χ1) is 9.56. The predicted octanol–water partition coefficient (Wildman–Crippen LogP) is 2.71. The van der Waals surface area contributed by atoms with Crippen LogP contribution in [0.1, 0.15) is 5.56 Å². The van der Waals surface area contributed by atoms with E-state index in [1.165, 1.54) is 18.2 Å². The van der Waals surface area contributed by atoms with Crippen LogP contribution >= 0.6 is 0 Å². The highest BCUT2D eigenvalue weighted by molar-refractivity contribution is 6.43. The molecule has 20 heavy (non-hydrogen) atoms. The Bertz CT molecular complexity index is 642. The number of carbonyl (C=O) groups excluding carboxylic acids is 2. The number of nitrogens with one attached hydrogen (secondary N) is 2. The summed E-state index contributed by atoms with van der Waals surface area (Å²) in [6.07, 6.45) is 0. The van der Waals surface area contributed by atoms with E-state index in [-0.39, 0.29) is 0 Å². The number of halogens is 1. The Morgan fingerprint density at radius 2 is 1.60 bits per heavy atom. The van der Waals surface area contributed by atoms with E-state index in [1.807, 2.05) is 0 Å². The maximum Gasteiger partial charge on any atom is 0.314 e. The van der Waals surface area contributed by atoms with E-state index in [0.717, 1.165) is 0 Å². The van der Waals surface area contributed by atoms with Gasteiger partial charge in [0, 0.05) is 11.4 Å². The number of aryl methyl sites for hydroxylation is 1. The molecular weight excluding hydrogens is 259 g/mol. The normalized spacial score (nSPS) is 9.90. The molecule has 4 nitrogen and oxygen atoms in total. The molecule has 0 spiro atoms. The topological polar surface area (TPSA) is 58.2 Å². The second kappa shape index (κ2) is 5.97. The molecule has 0 aromatic heterocycles. The number of para-hydroxylation sites is 1. The summed E-state index contributed by atoms with van der Waals surface area (Å²) in [6, 6.07) is 12.6. The van der Waals surface area contributed by atoms with E-state index in [4.69, 9.17) is 0 Å². The third-order valence-electron chi connectivity index (χ3n) is 2.67. The lowest BCUT2D eigenvalue weighted by Crippen LogP contribution is -2.29. The maximum atomic E-state index is 12.9. The molecule has 102 valence electrons. The van der Waals surface area contributed by atoms with Gasteiger partial charge in [0.15, 0.2) is 0 Å². The molecule has 2 N–H and O–H groups in total. The number of hydrogen-bond donors (Lipinski definition) is 2. The SMILES string of the molecule is Cc1cc(F)ccc1NC(=O)C(=O)Nc1ccccc1. The molecular formula is C15H13FN2O2. The molecule has 0 saturated heterocycles. The number of amides is 2. The van der Waals surface area contributed by atoms with Crippen LogP contribution in [0.5, 0.6) is 0 Å². The van der Waals surface area contributed by atoms with E-state index < -0.39 is 17.6 Å². The van der Waals surface area contributed by atoms with Crippen LogP contribution in [0.2, 0.25) is 0 Å². The quantitative estimate of drug-likeness (QED) is 0.826. The van der Waals surface area contributed by atoms with Gasteiger partial charge < -0.3 is 10.6 Å². The lowest BCUT2D eigenvalue weighted by molar-refractivity contribution is -0.133. The second-order valence-corrected chi connectivity index (χ2v) is 4.23. The van der Waals surface area contributed by atoms with Gasteiger partial charge >= 0.3 is 11.8 Å². The minimum atomic E-state index is -0.802. The van der Waals surface area contributed by atoms with E-state index in [1.54, 1.807) is 37.3 Å². The third kappa shape index (κ3) is 3.41. The molecule has 5 heteroatoms. The Kier molecular flexibility index (Phi) is 4.10. The van der Waals surface area contributed by atoms with E-state index >= 15 is 0 Å². The second-order valence-electron chi connectivity index (χ2n) is 4.23. The molecule has 2 rings (SSSR count). The fourth-order valence-corrected chi connectivity index (χ4v) is 1.66. The maximum absolute atomic E-state index is 12.9. The lowest BCUT2D eigenvalue weighted by Gasteiger charge is -2.08. The van der Waals surface area contributed by atoms with Crippen LogP contribution in [0.25, 0.3) is 0 Å². The van der Waals surface area contributed by atoms with E-state index in [0.29, 0.717) is 16.9 Å². The first kappa shape index (κ1) is 13.7. The summed E-state index contributed by atoms with van der Waals surface area (Å²) in [5.41, 5.74) is 1.48. The minimum absolute atomic E-state index is 0.394. The zero-order valence-electron chi connectivity index (χ0n) is 10.8. The molecule has 0 aliphatic carbocycles. The molecule has 0 fully saturated rings. The van der Waals surface area contributed by atoms with Gasteiger partial charge in [0.2, 0.25) is 0 Å².